The second-order valence-corrected chi connectivity index (χ2v) is 6.91. The molecule has 3 aromatic carbocycles. The van der Waals surface area contributed by atoms with Crippen LogP contribution in [0, 0.1) is 0 Å². The lowest BCUT2D eigenvalue weighted by molar-refractivity contribution is 0.0697. The van der Waals surface area contributed by atoms with Gasteiger partial charge in [-0.05, 0) is 41.5 Å². The second-order valence-electron chi connectivity index (χ2n) is 6.47. The monoisotopic (exact) mass is 447 g/mol. The van der Waals surface area contributed by atoms with Crippen LogP contribution >= 0.6 is 24.0 Å². The number of aromatic carboxylic acids is 1. The number of halogens is 2. The average Bonchev–Trinajstić information content (AvgIpc) is 2.74. The maximum absolute atomic E-state index is 10.9. The largest absolute Gasteiger partial charge is 0.493 e. The molecule has 3 rings (SSSR count). The molecule has 158 valence electrons. The molecule has 0 bridgehead atoms. The molecule has 0 aromatic heterocycles. The van der Waals surface area contributed by atoms with E-state index in [0.717, 1.165) is 16.7 Å². The minimum absolute atomic E-state index is 0. The summed E-state index contributed by atoms with van der Waals surface area (Å²) < 4.78 is 11.5. The van der Waals surface area contributed by atoms with Crippen LogP contribution < -0.4 is 14.8 Å². The molecule has 0 heterocycles. The van der Waals surface area contributed by atoms with Crippen molar-refractivity contribution in [2.45, 2.75) is 19.7 Å². The number of hydrogen-bond donors (Lipinski definition) is 2. The summed E-state index contributed by atoms with van der Waals surface area (Å²) in [5.74, 6) is 0.436. The third-order valence-corrected chi connectivity index (χ3v) is 4.67. The molecule has 0 saturated carbocycles. The van der Waals surface area contributed by atoms with Gasteiger partial charge in [-0.1, -0.05) is 48.0 Å². The van der Waals surface area contributed by atoms with Crippen LogP contribution in [0.25, 0.3) is 0 Å². The number of hydrogen-bond acceptors (Lipinski definition) is 4. The van der Waals surface area contributed by atoms with Crippen LogP contribution in [-0.2, 0) is 19.7 Å². The highest BCUT2D eigenvalue weighted by atomic mass is 35.5. The van der Waals surface area contributed by atoms with Gasteiger partial charge in [-0.3, -0.25) is 0 Å². The predicted octanol–water partition coefficient (Wildman–Crippen LogP) is 5.34. The van der Waals surface area contributed by atoms with Gasteiger partial charge in [-0.2, -0.15) is 0 Å². The molecule has 7 heteroatoms. The van der Waals surface area contributed by atoms with E-state index >= 15 is 0 Å². The van der Waals surface area contributed by atoms with Crippen LogP contribution in [0.2, 0.25) is 5.02 Å². The number of para-hydroxylation sites is 1. The van der Waals surface area contributed by atoms with E-state index in [4.69, 9.17) is 26.2 Å². The normalized spacial score (nSPS) is 10.2. The summed E-state index contributed by atoms with van der Waals surface area (Å²) in [5, 5.41) is 13.0. The Bertz CT molecular complexity index is 960. The summed E-state index contributed by atoms with van der Waals surface area (Å²) in [6.45, 7) is 1.59. The molecule has 0 aliphatic heterocycles. The molecule has 0 spiro atoms. The summed E-state index contributed by atoms with van der Waals surface area (Å²) >= 11 is 5.94. The maximum Gasteiger partial charge on any atom is 0.335 e. The minimum atomic E-state index is -0.927. The molecular formula is C23H23Cl2NO4. The number of nitrogens with one attached hydrogen (secondary N) is 1. The average molecular weight is 448 g/mol. The fourth-order valence-corrected chi connectivity index (χ4v) is 2.99. The third-order valence-electron chi connectivity index (χ3n) is 4.42. The maximum atomic E-state index is 10.9. The lowest BCUT2D eigenvalue weighted by atomic mass is 10.1. The van der Waals surface area contributed by atoms with Gasteiger partial charge in [0.25, 0.3) is 0 Å². The summed E-state index contributed by atoms with van der Waals surface area (Å²) in [6, 6.07) is 20.1. The Morgan fingerprint density at radius 1 is 0.967 bits per heavy atom. The Morgan fingerprint density at radius 2 is 1.63 bits per heavy atom. The molecule has 0 unspecified atom stereocenters. The summed E-state index contributed by atoms with van der Waals surface area (Å²) in [6.07, 6.45) is 0. The van der Waals surface area contributed by atoms with Gasteiger partial charge in [0.1, 0.15) is 6.61 Å². The molecule has 0 amide bonds. The van der Waals surface area contributed by atoms with Gasteiger partial charge in [-0.15, -0.1) is 12.4 Å². The Morgan fingerprint density at radius 3 is 2.27 bits per heavy atom. The van der Waals surface area contributed by atoms with E-state index in [1.165, 1.54) is 0 Å². The first kappa shape index (κ1) is 23.5. The first-order valence-corrected chi connectivity index (χ1v) is 9.50. The number of methoxy groups -OCH3 is 1. The highest BCUT2D eigenvalue weighted by Gasteiger charge is 2.11. The molecule has 0 aliphatic rings. The SMILES string of the molecule is COc1cccc(CNCc2ccc(C(=O)O)cc2)c1OCc1ccc(Cl)cc1.Cl. The Labute approximate surface area is 187 Å². The molecular weight excluding hydrogens is 425 g/mol. The molecule has 5 nitrogen and oxygen atoms in total. The molecule has 0 saturated heterocycles. The zero-order chi connectivity index (χ0) is 20.6. The lowest BCUT2D eigenvalue weighted by Gasteiger charge is -2.16. The molecule has 0 fully saturated rings. The van der Waals surface area contributed by atoms with Gasteiger partial charge in [0.15, 0.2) is 11.5 Å². The predicted molar refractivity (Wildman–Crippen MR) is 120 cm³/mol. The van der Waals surface area contributed by atoms with Crippen molar-refractivity contribution in [3.8, 4) is 11.5 Å². The zero-order valence-electron chi connectivity index (χ0n) is 16.4. The van der Waals surface area contributed by atoms with E-state index in [9.17, 15) is 4.79 Å². The summed E-state index contributed by atoms with van der Waals surface area (Å²) in [4.78, 5) is 10.9. The van der Waals surface area contributed by atoms with Crippen LogP contribution in [0.1, 0.15) is 27.0 Å². The van der Waals surface area contributed by atoms with Gasteiger partial charge in [0, 0.05) is 23.7 Å². The molecule has 3 aromatic rings. The smallest absolute Gasteiger partial charge is 0.335 e. The molecule has 0 aliphatic carbocycles. The quantitative estimate of drug-likeness (QED) is 0.463. The Hall–Kier alpha value is -2.73. The topological polar surface area (TPSA) is 67.8 Å². The Balaban J connectivity index is 0.00000320. The van der Waals surface area contributed by atoms with Gasteiger partial charge >= 0.3 is 5.97 Å². The first-order chi connectivity index (χ1) is 14.1. The van der Waals surface area contributed by atoms with E-state index in [2.05, 4.69) is 5.32 Å². The summed E-state index contributed by atoms with van der Waals surface area (Å²) in [7, 11) is 1.62. The van der Waals surface area contributed by atoms with Crippen LogP contribution in [0.4, 0.5) is 0 Å². The van der Waals surface area contributed by atoms with Crippen molar-refractivity contribution in [3.05, 3.63) is 94.0 Å². The number of benzene rings is 3. The van der Waals surface area contributed by atoms with E-state index in [0.29, 0.717) is 36.2 Å². The number of carboxylic acid groups (broad SMARTS) is 1. The third kappa shape index (κ3) is 6.39. The minimum Gasteiger partial charge on any atom is -0.493 e. The van der Waals surface area contributed by atoms with Gasteiger partial charge in [-0.25, -0.2) is 4.79 Å². The molecule has 0 atom stereocenters. The molecule has 30 heavy (non-hydrogen) atoms. The highest BCUT2D eigenvalue weighted by molar-refractivity contribution is 6.30. The van der Waals surface area contributed by atoms with E-state index in [-0.39, 0.29) is 18.0 Å². The second kappa shape index (κ2) is 11.5. The Kier molecular flexibility index (Phi) is 8.99. The van der Waals surface area contributed by atoms with Crippen molar-refractivity contribution in [1.29, 1.82) is 0 Å². The van der Waals surface area contributed by atoms with E-state index in [1.54, 1.807) is 31.4 Å². The van der Waals surface area contributed by atoms with E-state index < -0.39 is 5.97 Å². The van der Waals surface area contributed by atoms with Crippen LogP contribution in [0.15, 0.2) is 66.7 Å². The summed E-state index contributed by atoms with van der Waals surface area (Å²) in [5.41, 5.74) is 3.26. The number of rotatable bonds is 9. The van der Waals surface area contributed by atoms with Crippen LogP contribution in [0.5, 0.6) is 11.5 Å². The van der Waals surface area contributed by atoms with Gasteiger partial charge in [0.05, 0.1) is 12.7 Å². The first-order valence-electron chi connectivity index (χ1n) is 9.13. The van der Waals surface area contributed by atoms with Crippen molar-refractivity contribution in [2.75, 3.05) is 7.11 Å². The van der Waals surface area contributed by atoms with Gasteiger partial charge < -0.3 is 19.9 Å². The number of carboxylic acids is 1. The molecule has 0 radical (unpaired) electrons. The molecule has 2 N–H and O–H groups in total. The van der Waals surface area contributed by atoms with Crippen molar-refractivity contribution in [1.82, 2.24) is 5.32 Å². The van der Waals surface area contributed by atoms with E-state index in [1.807, 2.05) is 42.5 Å². The van der Waals surface area contributed by atoms with Crippen LogP contribution in [0.3, 0.4) is 0 Å². The van der Waals surface area contributed by atoms with Crippen molar-refractivity contribution < 1.29 is 19.4 Å². The van der Waals surface area contributed by atoms with Crippen LogP contribution in [-0.4, -0.2) is 18.2 Å². The number of carbonyl (C=O) groups is 1. The van der Waals surface area contributed by atoms with Gasteiger partial charge in [0.2, 0.25) is 0 Å². The zero-order valence-corrected chi connectivity index (χ0v) is 18.0. The van der Waals surface area contributed by atoms with Crippen molar-refractivity contribution >= 4 is 30.0 Å². The van der Waals surface area contributed by atoms with Crippen molar-refractivity contribution in [3.63, 3.8) is 0 Å². The highest BCUT2D eigenvalue weighted by Crippen LogP contribution is 2.32. The fourth-order valence-electron chi connectivity index (χ4n) is 2.87. The lowest BCUT2D eigenvalue weighted by Crippen LogP contribution is -2.14. The number of ether oxygens (including phenoxy) is 2. The fraction of sp³-hybridized carbons (Fsp3) is 0.174. The van der Waals surface area contributed by atoms with Crippen molar-refractivity contribution in [2.24, 2.45) is 0 Å². The standard InChI is InChI=1S/C23H22ClNO4.ClH/c1-28-21-4-2-3-19(22(21)29-15-17-7-11-20(24)12-8-17)14-25-13-16-5-9-18(10-6-16)23(26)27;/h2-12,25H,13-15H2,1H3,(H,26,27);1H.